The van der Waals surface area contributed by atoms with E-state index in [0.717, 1.165) is 45.4 Å². The number of morpholine rings is 1. The molecule has 1 amide bonds. The van der Waals surface area contributed by atoms with Gasteiger partial charge in [-0.1, -0.05) is 6.07 Å². The second-order valence-electron chi connectivity index (χ2n) is 7.90. The quantitative estimate of drug-likeness (QED) is 0.520. The maximum Gasteiger partial charge on any atom is 0.293 e. The largest absolute Gasteiger partial charge is 0.379 e. The molecule has 31 heavy (non-hydrogen) atoms. The number of rotatable bonds is 7. The van der Waals surface area contributed by atoms with Gasteiger partial charge in [0.15, 0.2) is 0 Å². The Morgan fingerprint density at radius 3 is 2.61 bits per heavy atom. The van der Waals surface area contributed by atoms with Crippen LogP contribution in [0.5, 0.6) is 0 Å². The molecule has 4 rings (SSSR count). The van der Waals surface area contributed by atoms with Crippen LogP contribution < -0.4 is 10.2 Å². The van der Waals surface area contributed by atoms with Crippen LogP contribution in [-0.2, 0) is 4.74 Å². The molecule has 8 nitrogen and oxygen atoms in total. The van der Waals surface area contributed by atoms with Crippen LogP contribution in [0, 0.1) is 10.1 Å². The zero-order valence-corrected chi connectivity index (χ0v) is 18.3. The maximum absolute atomic E-state index is 12.9. The van der Waals surface area contributed by atoms with Gasteiger partial charge >= 0.3 is 0 Å². The fourth-order valence-electron chi connectivity index (χ4n) is 4.28. The Labute approximate surface area is 185 Å². The molecule has 0 radical (unpaired) electrons. The van der Waals surface area contributed by atoms with Gasteiger partial charge in [-0.05, 0) is 42.8 Å². The van der Waals surface area contributed by atoms with Crippen molar-refractivity contribution in [1.29, 1.82) is 0 Å². The van der Waals surface area contributed by atoms with Gasteiger partial charge in [0, 0.05) is 49.2 Å². The smallest absolute Gasteiger partial charge is 0.293 e. The molecule has 1 aromatic heterocycles. The molecule has 2 saturated heterocycles. The van der Waals surface area contributed by atoms with E-state index in [1.807, 2.05) is 11.4 Å². The van der Waals surface area contributed by atoms with E-state index in [9.17, 15) is 14.9 Å². The number of nitrogens with zero attached hydrogens (tertiary/aromatic N) is 3. The van der Waals surface area contributed by atoms with Crippen molar-refractivity contribution >= 4 is 28.6 Å². The van der Waals surface area contributed by atoms with E-state index in [1.54, 1.807) is 23.5 Å². The normalized spacial score (nSPS) is 18.5. The summed E-state index contributed by atoms with van der Waals surface area (Å²) in [6, 6.07) is 8.98. The van der Waals surface area contributed by atoms with Crippen LogP contribution in [0.3, 0.4) is 0 Å². The predicted molar refractivity (Wildman–Crippen MR) is 121 cm³/mol. The minimum Gasteiger partial charge on any atom is -0.379 e. The van der Waals surface area contributed by atoms with E-state index in [0.29, 0.717) is 31.0 Å². The Morgan fingerprint density at radius 2 is 1.94 bits per heavy atom. The van der Waals surface area contributed by atoms with Gasteiger partial charge in [-0.3, -0.25) is 19.8 Å². The summed E-state index contributed by atoms with van der Waals surface area (Å²) >= 11 is 1.67. The van der Waals surface area contributed by atoms with Crippen LogP contribution in [0.15, 0.2) is 35.7 Å². The van der Waals surface area contributed by atoms with Crippen molar-refractivity contribution in [1.82, 2.24) is 10.2 Å². The summed E-state index contributed by atoms with van der Waals surface area (Å²) in [5.74, 6) is -0.289. The molecule has 2 fully saturated rings. The van der Waals surface area contributed by atoms with E-state index in [4.69, 9.17) is 4.74 Å². The molecule has 2 aromatic rings. The molecule has 0 spiro atoms. The van der Waals surface area contributed by atoms with Gasteiger partial charge in [0.05, 0.1) is 24.2 Å². The van der Waals surface area contributed by atoms with Gasteiger partial charge in [0.25, 0.3) is 11.6 Å². The van der Waals surface area contributed by atoms with Crippen molar-refractivity contribution in [3.63, 3.8) is 0 Å². The lowest BCUT2D eigenvalue weighted by molar-refractivity contribution is -0.384. The lowest BCUT2D eigenvalue weighted by atomic mass is 10.1. The zero-order valence-electron chi connectivity index (χ0n) is 17.5. The molecule has 1 N–H and O–H groups in total. The van der Waals surface area contributed by atoms with Crippen LogP contribution in [0.4, 0.5) is 11.4 Å². The summed E-state index contributed by atoms with van der Waals surface area (Å²) in [4.78, 5) is 29.7. The van der Waals surface area contributed by atoms with Crippen molar-refractivity contribution in [3.05, 3.63) is 56.3 Å². The van der Waals surface area contributed by atoms with Crippen LogP contribution in [-0.4, -0.2) is 61.7 Å². The predicted octanol–water partition coefficient (Wildman–Crippen LogP) is 3.45. The second-order valence-corrected chi connectivity index (χ2v) is 8.88. The average Bonchev–Trinajstić information content (AvgIpc) is 3.34. The standard InChI is InChI=1S/C22H28N4O4S/c27-22(23-16-20(21-5-4-14-31-21)25-10-12-30-13-11-25)17-6-7-18(19(15-17)26(28)29)24-8-2-1-3-9-24/h4-7,14-15,20H,1-3,8-13,16H2,(H,23,27)/t20-/m1/s1. The van der Waals surface area contributed by atoms with Crippen molar-refractivity contribution in [2.24, 2.45) is 0 Å². The molecule has 1 aromatic carbocycles. The van der Waals surface area contributed by atoms with E-state index < -0.39 is 0 Å². The Bertz CT molecular complexity index is 893. The Balaban J connectivity index is 1.48. The number of anilines is 1. The fraction of sp³-hybridized carbons (Fsp3) is 0.500. The Hall–Kier alpha value is -2.49. The number of piperidine rings is 1. The van der Waals surface area contributed by atoms with E-state index in [2.05, 4.69) is 21.2 Å². The van der Waals surface area contributed by atoms with Crippen LogP contribution in [0.2, 0.25) is 0 Å². The summed E-state index contributed by atoms with van der Waals surface area (Å²) in [6.07, 6.45) is 3.22. The minimum absolute atomic E-state index is 0.00228. The van der Waals surface area contributed by atoms with Crippen LogP contribution in [0.25, 0.3) is 0 Å². The summed E-state index contributed by atoms with van der Waals surface area (Å²) in [5.41, 5.74) is 0.919. The number of carbonyl (C=O) groups is 1. The molecular weight excluding hydrogens is 416 g/mol. The van der Waals surface area contributed by atoms with Gasteiger partial charge in [-0.25, -0.2) is 0 Å². The van der Waals surface area contributed by atoms with E-state index in [1.165, 1.54) is 10.9 Å². The molecule has 0 unspecified atom stereocenters. The first kappa shape index (κ1) is 21.7. The highest BCUT2D eigenvalue weighted by molar-refractivity contribution is 7.10. The average molecular weight is 445 g/mol. The highest BCUT2D eigenvalue weighted by atomic mass is 32.1. The summed E-state index contributed by atoms with van der Waals surface area (Å²) in [7, 11) is 0. The monoisotopic (exact) mass is 444 g/mol. The van der Waals surface area contributed by atoms with Gasteiger partial charge in [-0.15, -0.1) is 11.3 Å². The number of benzene rings is 1. The third-order valence-corrected chi connectivity index (χ3v) is 6.92. The molecule has 3 heterocycles. The Kier molecular flexibility index (Phi) is 7.16. The third-order valence-electron chi connectivity index (χ3n) is 5.95. The van der Waals surface area contributed by atoms with Crippen molar-refractivity contribution < 1.29 is 14.5 Å². The first-order valence-electron chi connectivity index (χ1n) is 10.8. The van der Waals surface area contributed by atoms with Crippen molar-refractivity contribution in [2.45, 2.75) is 25.3 Å². The first-order valence-corrected chi connectivity index (χ1v) is 11.7. The number of nitro benzene ring substituents is 1. The number of amides is 1. The topological polar surface area (TPSA) is 88.0 Å². The Morgan fingerprint density at radius 1 is 1.16 bits per heavy atom. The molecular formula is C22H28N4O4S. The highest BCUT2D eigenvalue weighted by Gasteiger charge is 2.26. The number of hydrogen-bond acceptors (Lipinski definition) is 7. The SMILES string of the molecule is O=C(NC[C@H](c1cccs1)N1CCOCC1)c1ccc(N2CCCCC2)c([N+](=O)[O-])c1. The number of nitrogens with one attached hydrogen (secondary N) is 1. The fourth-order valence-corrected chi connectivity index (χ4v) is 5.15. The van der Waals surface area contributed by atoms with Gasteiger partial charge in [0.2, 0.25) is 0 Å². The lowest BCUT2D eigenvalue weighted by Gasteiger charge is -2.34. The zero-order chi connectivity index (χ0) is 21.6. The van der Waals surface area contributed by atoms with E-state index >= 15 is 0 Å². The van der Waals surface area contributed by atoms with Gasteiger partial charge in [0.1, 0.15) is 5.69 Å². The summed E-state index contributed by atoms with van der Waals surface area (Å²) < 4.78 is 5.47. The molecule has 166 valence electrons. The van der Waals surface area contributed by atoms with Crippen LogP contribution >= 0.6 is 11.3 Å². The maximum atomic E-state index is 12.9. The first-order chi connectivity index (χ1) is 15.1. The van der Waals surface area contributed by atoms with E-state index in [-0.39, 0.29) is 22.6 Å². The number of nitro groups is 1. The molecule has 0 saturated carbocycles. The number of carbonyl (C=O) groups excluding carboxylic acids is 1. The lowest BCUT2D eigenvalue weighted by Crippen LogP contribution is -2.43. The molecule has 2 aliphatic rings. The highest BCUT2D eigenvalue weighted by Crippen LogP contribution is 2.31. The summed E-state index contributed by atoms with van der Waals surface area (Å²) in [5, 5.41) is 16.7. The number of hydrogen-bond donors (Lipinski definition) is 1. The molecule has 9 heteroatoms. The van der Waals surface area contributed by atoms with Crippen molar-refractivity contribution in [2.75, 3.05) is 50.8 Å². The van der Waals surface area contributed by atoms with Gasteiger partial charge < -0.3 is 15.0 Å². The molecule has 1 atom stereocenters. The van der Waals surface area contributed by atoms with Gasteiger partial charge in [-0.2, -0.15) is 0 Å². The number of ether oxygens (including phenoxy) is 1. The molecule has 2 aliphatic heterocycles. The molecule has 0 bridgehead atoms. The molecule has 0 aliphatic carbocycles. The van der Waals surface area contributed by atoms with Crippen molar-refractivity contribution in [3.8, 4) is 0 Å². The second kappa shape index (κ2) is 10.2. The number of thiophene rings is 1. The summed E-state index contributed by atoms with van der Waals surface area (Å²) in [6.45, 7) is 5.06. The minimum atomic E-state index is -0.386. The third kappa shape index (κ3) is 5.23. The van der Waals surface area contributed by atoms with Crippen LogP contribution in [0.1, 0.15) is 40.5 Å².